The monoisotopic (exact) mass is 255 g/mol. The fraction of sp³-hybridized carbons (Fsp3) is 0.364. The molecule has 0 unspecified atom stereocenters. The number of carbonyl (C=O) groups excluding carboxylic acids is 1. The molecular formula is C11H14FN3O3. The third-order valence-electron chi connectivity index (χ3n) is 2.01. The molecule has 1 aromatic carbocycles. The first-order valence-electron chi connectivity index (χ1n) is 5.17. The van der Waals surface area contributed by atoms with Crippen molar-refractivity contribution >= 4 is 17.3 Å². The predicted molar refractivity (Wildman–Crippen MR) is 65.7 cm³/mol. The van der Waals surface area contributed by atoms with E-state index < -0.39 is 6.86 Å². The van der Waals surface area contributed by atoms with Crippen LogP contribution in [-0.4, -0.2) is 38.3 Å². The van der Waals surface area contributed by atoms with Crippen LogP contribution in [0.15, 0.2) is 23.4 Å². The lowest BCUT2D eigenvalue weighted by molar-refractivity contribution is -0.116. The highest BCUT2D eigenvalue weighted by Gasteiger charge is 2.08. The molecule has 1 aromatic rings. The molecule has 7 heteroatoms. The summed E-state index contributed by atoms with van der Waals surface area (Å²) in [5.41, 5.74) is 0.345. The molecule has 0 saturated heterocycles. The summed E-state index contributed by atoms with van der Waals surface area (Å²) in [6, 6.07) is 4.21. The molecule has 0 bridgehead atoms. The molecular weight excluding hydrogens is 241 g/mol. The number of hydrogen-bond acceptors (Lipinski definition) is 5. The lowest BCUT2D eigenvalue weighted by atomic mass is 10.2. The number of anilines is 1. The van der Waals surface area contributed by atoms with Crippen molar-refractivity contribution in [1.29, 1.82) is 0 Å². The number of ether oxygens (including phenoxy) is 1. The smallest absolute Gasteiger partial charge is 0.238 e. The number of amides is 1. The molecule has 0 fully saturated rings. The van der Waals surface area contributed by atoms with Gasteiger partial charge >= 0.3 is 0 Å². The summed E-state index contributed by atoms with van der Waals surface area (Å²) in [5.74, 6) is -0.186. The van der Waals surface area contributed by atoms with Gasteiger partial charge in [-0.25, -0.2) is 4.39 Å². The summed E-state index contributed by atoms with van der Waals surface area (Å²) in [6.45, 7) is -0.832. The quantitative estimate of drug-likeness (QED) is 0.788. The standard InChI is InChI=1S/C11H14FN3O3/c1-15(2)6-11(16)13-8-3-4-10(18-7-12)9(5-8)14-17/h3-5H,6-7H2,1-2H3,(H,13,16). The minimum Gasteiger partial charge on any atom is -0.461 e. The van der Waals surface area contributed by atoms with E-state index in [-0.39, 0.29) is 23.9 Å². The number of hydrogen-bond donors (Lipinski definition) is 1. The Hall–Kier alpha value is -2.02. The zero-order valence-electron chi connectivity index (χ0n) is 10.1. The van der Waals surface area contributed by atoms with Gasteiger partial charge in [0.1, 0.15) is 0 Å². The second-order valence-electron chi connectivity index (χ2n) is 3.81. The largest absolute Gasteiger partial charge is 0.461 e. The van der Waals surface area contributed by atoms with Gasteiger partial charge in [0.15, 0.2) is 11.4 Å². The van der Waals surface area contributed by atoms with E-state index in [1.54, 1.807) is 19.0 Å². The topological polar surface area (TPSA) is 71.0 Å². The summed E-state index contributed by atoms with van der Waals surface area (Å²) in [7, 11) is 3.52. The first-order chi connectivity index (χ1) is 8.56. The summed E-state index contributed by atoms with van der Waals surface area (Å²) >= 11 is 0. The summed E-state index contributed by atoms with van der Waals surface area (Å²) in [5, 5.41) is 5.30. The van der Waals surface area contributed by atoms with Crippen LogP contribution < -0.4 is 10.1 Å². The van der Waals surface area contributed by atoms with Crippen LogP contribution in [-0.2, 0) is 4.79 Å². The maximum atomic E-state index is 12.0. The highest BCUT2D eigenvalue weighted by atomic mass is 19.1. The Morgan fingerprint density at radius 2 is 2.22 bits per heavy atom. The number of benzene rings is 1. The number of alkyl halides is 1. The number of nitroso groups, excluding NO2 is 1. The van der Waals surface area contributed by atoms with Crippen LogP contribution in [0.5, 0.6) is 5.75 Å². The molecule has 0 heterocycles. The number of nitrogens with one attached hydrogen (secondary N) is 1. The SMILES string of the molecule is CN(C)CC(=O)Nc1ccc(OCF)c(N=O)c1. The first kappa shape index (κ1) is 14.0. The minimum atomic E-state index is -1.05. The van der Waals surface area contributed by atoms with E-state index in [0.717, 1.165) is 0 Å². The molecule has 0 aliphatic rings. The molecule has 0 aliphatic carbocycles. The summed E-state index contributed by atoms with van der Waals surface area (Å²) in [6.07, 6.45) is 0. The van der Waals surface area contributed by atoms with Gasteiger partial charge < -0.3 is 15.0 Å². The lowest BCUT2D eigenvalue weighted by Crippen LogP contribution is -2.27. The van der Waals surface area contributed by atoms with Gasteiger partial charge in [-0.1, -0.05) is 0 Å². The lowest BCUT2D eigenvalue weighted by Gasteiger charge is -2.11. The molecule has 6 nitrogen and oxygen atoms in total. The fourth-order valence-electron chi connectivity index (χ4n) is 1.34. The molecule has 0 aliphatic heterocycles. The minimum absolute atomic E-state index is 0.0399. The molecule has 0 spiro atoms. The average Bonchev–Trinajstić information content (AvgIpc) is 2.30. The molecule has 98 valence electrons. The van der Waals surface area contributed by atoms with Gasteiger partial charge in [0.05, 0.1) is 6.54 Å². The number of carbonyl (C=O) groups is 1. The molecule has 0 radical (unpaired) electrons. The number of rotatable bonds is 6. The second kappa shape index (κ2) is 6.65. The van der Waals surface area contributed by atoms with Crippen LogP contribution in [0.1, 0.15) is 0 Å². The van der Waals surface area contributed by atoms with E-state index in [9.17, 15) is 14.1 Å². The van der Waals surface area contributed by atoms with Crippen LogP contribution in [0.2, 0.25) is 0 Å². The third-order valence-corrected chi connectivity index (χ3v) is 2.01. The Bertz CT molecular complexity index is 438. The predicted octanol–water partition coefficient (Wildman–Crippen LogP) is 1.89. The molecule has 1 rings (SSSR count). The maximum Gasteiger partial charge on any atom is 0.238 e. The van der Waals surface area contributed by atoms with Gasteiger partial charge in [-0.2, -0.15) is 0 Å². The second-order valence-corrected chi connectivity index (χ2v) is 3.81. The van der Waals surface area contributed by atoms with E-state index in [2.05, 4.69) is 15.2 Å². The van der Waals surface area contributed by atoms with E-state index in [1.165, 1.54) is 18.2 Å². The first-order valence-corrected chi connectivity index (χ1v) is 5.17. The fourth-order valence-corrected chi connectivity index (χ4v) is 1.34. The van der Waals surface area contributed by atoms with Gasteiger partial charge in [0.2, 0.25) is 12.8 Å². The van der Waals surface area contributed by atoms with Crippen molar-refractivity contribution in [3.8, 4) is 5.75 Å². The normalized spacial score (nSPS) is 10.2. The van der Waals surface area contributed by atoms with Crippen LogP contribution >= 0.6 is 0 Å². The van der Waals surface area contributed by atoms with Gasteiger partial charge in [-0.3, -0.25) is 4.79 Å². The zero-order valence-corrected chi connectivity index (χ0v) is 10.1. The van der Waals surface area contributed by atoms with Crippen molar-refractivity contribution in [3.63, 3.8) is 0 Å². The Labute approximate surface area is 104 Å². The molecule has 0 aromatic heterocycles. The number of likely N-dealkylation sites (N-methyl/N-ethyl adjacent to an activating group) is 1. The molecule has 0 atom stereocenters. The van der Waals surface area contributed by atoms with E-state index >= 15 is 0 Å². The van der Waals surface area contributed by atoms with Crippen molar-refractivity contribution in [2.75, 3.05) is 32.8 Å². The van der Waals surface area contributed by atoms with Gasteiger partial charge in [0.25, 0.3) is 0 Å². The Morgan fingerprint density at radius 1 is 1.50 bits per heavy atom. The van der Waals surface area contributed by atoms with Crippen LogP contribution in [0.25, 0.3) is 0 Å². The highest BCUT2D eigenvalue weighted by molar-refractivity contribution is 5.92. The molecule has 1 N–H and O–H groups in total. The van der Waals surface area contributed by atoms with Crippen LogP contribution in [0.3, 0.4) is 0 Å². The van der Waals surface area contributed by atoms with Crippen molar-refractivity contribution in [2.24, 2.45) is 5.18 Å². The van der Waals surface area contributed by atoms with Crippen molar-refractivity contribution in [2.45, 2.75) is 0 Å². The Morgan fingerprint density at radius 3 is 2.78 bits per heavy atom. The van der Waals surface area contributed by atoms with Gasteiger partial charge in [-0.15, -0.1) is 4.91 Å². The third kappa shape index (κ3) is 4.10. The van der Waals surface area contributed by atoms with E-state index in [0.29, 0.717) is 5.69 Å². The number of halogens is 1. The van der Waals surface area contributed by atoms with Crippen molar-refractivity contribution in [3.05, 3.63) is 23.1 Å². The zero-order chi connectivity index (χ0) is 13.5. The van der Waals surface area contributed by atoms with E-state index in [4.69, 9.17) is 0 Å². The molecule has 1 amide bonds. The average molecular weight is 255 g/mol. The Balaban J connectivity index is 2.79. The van der Waals surface area contributed by atoms with Crippen LogP contribution in [0, 0.1) is 4.91 Å². The Kier molecular flexibility index (Phi) is 5.19. The number of nitrogens with zero attached hydrogens (tertiary/aromatic N) is 2. The summed E-state index contributed by atoms with van der Waals surface area (Å²) < 4.78 is 16.6. The van der Waals surface area contributed by atoms with Crippen molar-refractivity contribution < 1.29 is 13.9 Å². The van der Waals surface area contributed by atoms with Gasteiger partial charge in [0, 0.05) is 5.69 Å². The van der Waals surface area contributed by atoms with Crippen LogP contribution in [0.4, 0.5) is 15.8 Å². The highest BCUT2D eigenvalue weighted by Crippen LogP contribution is 2.30. The van der Waals surface area contributed by atoms with E-state index in [1.807, 2.05) is 0 Å². The van der Waals surface area contributed by atoms with Gasteiger partial charge in [-0.05, 0) is 37.5 Å². The van der Waals surface area contributed by atoms with Crippen molar-refractivity contribution in [1.82, 2.24) is 4.90 Å². The summed E-state index contributed by atoms with van der Waals surface area (Å²) in [4.78, 5) is 23.7. The molecule has 0 saturated carbocycles. The molecule has 18 heavy (non-hydrogen) atoms. The maximum absolute atomic E-state index is 12.0.